The molecule has 0 bridgehead atoms. The lowest BCUT2D eigenvalue weighted by Crippen LogP contribution is -2.36. The number of aromatic nitrogens is 1. The summed E-state index contributed by atoms with van der Waals surface area (Å²) >= 11 is 5.86. The Labute approximate surface area is 123 Å². The van der Waals surface area contributed by atoms with Gasteiger partial charge in [-0.25, -0.2) is 0 Å². The quantitative estimate of drug-likeness (QED) is 0.672. The van der Waals surface area contributed by atoms with Gasteiger partial charge in [0.25, 0.3) is 0 Å². The molecule has 5 heteroatoms. The van der Waals surface area contributed by atoms with Crippen LogP contribution < -0.4 is 10.6 Å². The minimum absolute atomic E-state index is 0.640. The van der Waals surface area contributed by atoms with Crippen LogP contribution in [-0.4, -0.2) is 18.0 Å². The molecule has 4 nitrogen and oxygen atoms in total. The highest BCUT2D eigenvalue weighted by Crippen LogP contribution is 2.08. The second-order valence-electron chi connectivity index (χ2n) is 4.23. The number of nitrogens with zero attached hydrogens (tertiary/aromatic N) is 2. The predicted molar refractivity (Wildman–Crippen MR) is 82.7 cm³/mol. The van der Waals surface area contributed by atoms with Gasteiger partial charge < -0.3 is 10.6 Å². The lowest BCUT2D eigenvalue weighted by atomic mass is 10.2. The van der Waals surface area contributed by atoms with Gasteiger partial charge in [-0.2, -0.15) is 0 Å². The number of rotatable bonds is 4. The Bertz CT molecular complexity index is 552. The van der Waals surface area contributed by atoms with Gasteiger partial charge in [-0.3, -0.25) is 9.98 Å². The highest BCUT2D eigenvalue weighted by molar-refractivity contribution is 6.30. The van der Waals surface area contributed by atoms with Crippen LogP contribution in [0.5, 0.6) is 0 Å². The van der Waals surface area contributed by atoms with E-state index in [4.69, 9.17) is 11.6 Å². The zero-order valence-electron chi connectivity index (χ0n) is 11.3. The van der Waals surface area contributed by atoms with Crippen LogP contribution in [0.2, 0.25) is 5.02 Å². The summed E-state index contributed by atoms with van der Waals surface area (Å²) in [6.07, 6.45) is 1.78. The van der Waals surface area contributed by atoms with Crippen molar-refractivity contribution in [2.24, 2.45) is 4.99 Å². The topological polar surface area (TPSA) is 49.3 Å². The number of benzene rings is 1. The molecule has 2 N–H and O–H groups in total. The smallest absolute Gasteiger partial charge is 0.191 e. The number of hydrogen-bond acceptors (Lipinski definition) is 2. The van der Waals surface area contributed by atoms with E-state index in [-0.39, 0.29) is 0 Å². The van der Waals surface area contributed by atoms with Gasteiger partial charge >= 0.3 is 0 Å². The number of halogens is 1. The molecule has 0 aliphatic carbocycles. The van der Waals surface area contributed by atoms with Gasteiger partial charge in [-0.05, 0) is 29.8 Å². The van der Waals surface area contributed by atoms with E-state index in [0.717, 1.165) is 22.2 Å². The third kappa shape index (κ3) is 4.55. The Balaban J connectivity index is 1.82. The van der Waals surface area contributed by atoms with Crippen LogP contribution in [0.25, 0.3) is 0 Å². The summed E-state index contributed by atoms with van der Waals surface area (Å²) in [5, 5.41) is 7.20. The summed E-state index contributed by atoms with van der Waals surface area (Å²) in [4.78, 5) is 8.43. The molecular weight excluding hydrogens is 272 g/mol. The van der Waals surface area contributed by atoms with E-state index in [1.165, 1.54) is 0 Å². The highest BCUT2D eigenvalue weighted by atomic mass is 35.5. The molecule has 2 aromatic rings. The molecular formula is C15H17ClN4. The first kappa shape index (κ1) is 14.3. The zero-order valence-corrected chi connectivity index (χ0v) is 12.1. The predicted octanol–water partition coefficient (Wildman–Crippen LogP) is 2.60. The minimum Gasteiger partial charge on any atom is -0.352 e. The largest absolute Gasteiger partial charge is 0.352 e. The lowest BCUT2D eigenvalue weighted by molar-refractivity contribution is 0.794. The molecule has 0 aliphatic heterocycles. The normalized spacial score (nSPS) is 11.2. The first-order valence-electron chi connectivity index (χ1n) is 6.37. The zero-order chi connectivity index (χ0) is 14.2. The average Bonchev–Trinajstić information content (AvgIpc) is 2.50. The van der Waals surface area contributed by atoms with Crippen LogP contribution in [0, 0.1) is 0 Å². The van der Waals surface area contributed by atoms with Gasteiger partial charge in [0, 0.05) is 24.8 Å². The average molecular weight is 289 g/mol. The van der Waals surface area contributed by atoms with Crippen LogP contribution in [-0.2, 0) is 13.1 Å². The molecule has 1 aromatic heterocycles. The molecule has 0 unspecified atom stereocenters. The number of guanidine groups is 1. The molecule has 0 saturated carbocycles. The van der Waals surface area contributed by atoms with Gasteiger partial charge in [-0.1, -0.05) is 29.8 Å². The second-order valence-corrected chi connectivity index (χ2v) is 4.66. The first-order valence-corrected chi connectivity index (χ1v) is 6.74. The Morgan fingerprint density at radius 2 is 1.85 bits per heavy atom. The molecule has 0 amide bonds. The monoisotopic (exact) mass is 288 g/mol. The summed E-state index contributed by atoms with van der Waals surface area (Å²) in [6.45, 7) is 1.33. The summed E-state index contributed by atoms with van der Waals surface area (Å²) < 4.78 is 0. The van der Waals surface area contributed by atoms with E-state index in [1.54, 1.807) is 13.2 Å². The molecule has 0 radical (unpaired) electrons. The maximum absolute atomic E-state index is 5.86. The standard InChI is InChI=1S/C15H17ClN4/c1-17-15(20-11-14-4-2-3-9-18-14)19-10-12-5-7-13(16)8-6-12/h2-9H,10-11H2,1H3,(H2,17,19,20). The van der Waals surface area contributed by atoms with Gasteiger partial charge in [-0.15, -0.1) is 0 Å². The van der Waals surface area contributed by atoms with Crippen molar-refractivity contribution in [1.82, 2.24) is 15.6 Å². The number of hydrogen-bond donors (Lipinski definition) is 2. The first-order chi connectivity index (χ1) is 9.78. The molecule has 1 aromatic carbocycles. The maximum Gasteiger partial charge on any atom is 0.191 e. The van der Waals surface area contributed by atoms with Crippen LogP contribution in [0.15, 0.2) is 53.7 Å². The van der Waals surface area contributed by atoms with Gasteiger partial charge in [0.2, 0.25) is 0 Å². The van der Waals surface area contributed by atoms with Crippen molar-refractivity contribution >= 4 is 17.6 Å². The third-order valence-electron chi connectivity index (χ3n) is 2.76. The van der Waals surface area contributed by atoms with E-state index in [9.17, 15) is 0 Å². The summed E-state index contributed by atoms with van der Waals surface area (Å²) in [5.74, 6) is 0.741. The summed E-state index contributed by atoms with van der Waals surface area (Å²) in [7, 11) is 1.75. The summed E-state index contributed by atoms with van der Waals surface area (Å²) in [5.41, 5.74) is 2.12. The van der Waals surface area contributed by atoms with E-state index in [2.05, 4.69) is 20.6 Å². The van der Waals surface area contributed by atoms with Gasteiger partial charge in [0.15, 0.2) is 5.96 Å². The van der Waals surface area contributed by atoms with Crippen LogP contribution >= 0.6 is 11.6 Å². The highest BCUT2D eigenvalue weighted by Gasteiger charge is 1.99. The molecule has 2 rings (SSSR count). The number of nitrogens with one attached hydrogen (secondary N) is 2. The lowest BCUT2D eigenvalue weighted by Gasteiger charge is -2.11. The molecule has 0 aliphatic rings. The van der Waals surface area contributed by atoms with Crippen molar-refractivity contribution in [2.45, 2.75) is 13.1 Å². The molecule has 0 spiro atoms. The fourth-order valence-corrected chi connectivity index (χ4v) is 1.81. The van der Waals surface area contributed by atoms with E-state index in [0.29, 0.717) is 13.1 Å². The summed E-state index contributed by atoms with van der Waals surface area (Å²) in [6, 6.07) is 13.6. The van der Waals surface area contributed by atoms with E-state index in [1.807, 2.05) is 42.5 Å². The SMILES string of the molecule is CN=C(NCc1ccc(Cl)cc1)NCc1ccccn1. The van der Waals surface area contributed by atoms with Crippen LogP contribution in [0.1, 0.15) is 11.3 Å². The number of aliphatic imine (C=N–C) groups is 1. The van der Waals surface area contributed by atoms with E-state index < -0.39 is 0 Å². The van der Waals surface area contributed by atoms with Gasteiger partial charge in [0.1, 0.15) is 0 Å². The second kappa shape index (κ2) is 7.50. The fourth-order valence-electron chi connectivity index (χ4n) is 1.69. The molecule has 0 atom stereocenters. The van der Waals surface area contributed by atoms with Crippen molar-refractivity contribution in [2.75, 3.05) is 7.05 Å². The van der Waals surface area contributed by atoms with Gasteiger partial charge in [0.05, 0.1) is 12.2 Å². The molecule has 0 saturated heterocycles. The molecule has 104 valence electrons. The molecule has 20 heavy (non-hydrogen) atoms. The molecule has 0 fully saturated rings. The fraction of sp³-hybridized carbons (Fsp3) is 0.200. The Morgan fingerprint density at radius 3 is 2.50 bits per heavy atom. The van der Waals surface area contributed by atoms with Crippen molar-refractivity contribution < 1.29 is 0 Å². The Kier molecular flexibility index (Phi) is 5.38. The van der Waals surface area contributed by atoms with Crippen molar-refractivity contribution in [3.05, 3.63) is 64.9 Å². The maximum atomic E-state index is 5.86. The van der Waals surface area contributed by atoms with Crippen molar-refractivity contribution in [3.63, 3.8) is 0 Å². The Morgan fingerprint density at radius 1 is 1.10 bits per heavy atom. The third-order valence-corrected chi connectivity index (χ3v) is 3.01. The Hall–Kier alpha value is -2.07. The van der Waals surface area contributed by atoms with Crippen molar-refractivity contribution in [3.8, 4) is 0 Å². The number of pyridine rings is 1. The van der Waals surface area contributed by atoms with Crippen LogP contribution in [0.3, 0.4) is 0 Å². The van der Waals surface area contributed by atoms with Crippen molar-refractivity contribution in [1.29, 1.82) is 0 Å². The molecule has 1 heterocycles. The van der Waals surface area contributed by atoms with Crippen LogP contribution in [0.4, 0.5) is 0 Å². The van der Waals surface area contributed by atoms with E-state index >= 15 is 0 Å². The minimum atomic E-state index is 0.640.